The van der Waals surface area contributed by atoms with E-state index in [9.17, 15) is 10.2 Å². The van der Waals surface area contributed by atoms with Crippen LogP contribution in [0.2, 0.25) is 0 Å². The second-order valence-electron chi connectivity index (χ2n) is 10.8. The fourth-order valence-corrected chi connectivity index (χ4v) is 6.13. The lowest BCUT2D eigenvalue weighted by Crippen LogP contribution is -2.44. The second kappa shape index (κ2) is 11.8. The van der Waals surface area contributed by atoms with Gasteiger partial charge in [-0.05, 0) is 70.0 Å². The molecule has 4 nitrogen and oxygen atoms in total. The number of fused-ring (bicyclic) bond motifs is 1. The molecule has 4 rings (SSSR count). The van der Waals surface area contributed by atoms with Crippen molar-refractivity contribution in [1.82, 2.24) is 9.80 Å². The zero-order chi connectivity index (χ0) is 23.2. The van der Waals surface area contributed by atoms with Crippen LogP contribution in [0.5, 0.6) is 0 Å². The van der Waals surface area contributed by atoms with Gasteiger partial charge < -0.3 is 20.0 Å². The summed E-state index contributed by atoms with van der Waals surface area (Å²) in [5, 5.41) is 21.2. The molecule has 1 saturated heterocycles. The molecule has 0 radical (unpaired) electrons. The summed E-state index contributed by atoms with van der Waals surface area (Å²) in [6.07, 6.45) is 13.5. The molecule has 1 heterocycles. The number of aliphatic hydroxyl groups is 2. The fourth-order valence-electron chi connectivity index (χ4n) is 6.13. The minimum absolute atomic E-state index is 0.174. The van der Waals surface area contributed by atoms with E-state index in [-0.39, 0.29) is 12.0 Å². The first-order chi connectivity index (χ1) is 16.0. The van der Waals surface area contributed by atoms with Gasteiger partial charge in [-0.3, -0.25) is 0 Å². The summed E-state index contributed by atoms with van der Waals surface area (Å²) in [7, 11) is 2.22. The number of unbranched alkanes of at least 4 members (excludes halogenated alkanes) is 2. The number of piperazine rings is 1. The van der Waals surface area contributed by atoms with Gasteiger partial charge in [0.15, 0.2) is 0 Å². The number of hydrogen-bond acceptors (Lipinski definition) is 4. The number of allylic oxidation sites excluding steroid dienone is 2. The highest BCUT2D eigenvalue weighted by atomic mass is 16.3. The van der Waals surface area contributed by atoms with E-state index in [1.807, 2.05) is 12.1 Å². The molecule has 0 aromatic heterocycles. The molecule has 3 aliphatic rings. The largest absolute Gasteiger partial charge is 0.392 e. The van der Waals surface area contributed by atoms with Crippen LogP contribution in [-0.2, 0) is 6.42 Å². The number of rotatable bonds is 10. The standard InChI is InChI=1S/C29H44N2O2/c1-22-7-6-9-23(17-22)19-26(32)10-11-27-28-20-24(18-25(28)21-29(27)33)8-4-3-5-12-31-15-13-30(2)14-16-31/h6-7,9-11,17-18,25-29,32-33H,3-5,8,12-16,19-21H2,1-2H3/t25-,26+,27+,28-,29+/m0/s1. The van der Waals surface area contributed by atoms with Crippen LogP contribution in [-0.4, -0.2) is 72.0 Å². The van der Waals surface area contributed by atoms with Crippen LogP contribution in [0.15, 0.2) is 48.1 Å². The number of hydrogen-bond donors (Lipinski definition) is 2. The molecule has 0 bridgehead atoms. The van der Waals surface area contributed by atoms with Gasteiger partial charge in [0.25, 0.3) is 0 Å². The summed E-state index contributed by atoms with van der Waals surface area (Å²) in [6.45, 7) is 8.20. The lowest BCUT2D eigenvalue weighted by molar-refractivity contribution is 0.140. The average Bonchev–Trinajstić information content (AvgIpc) is 3.29. The van der Waals surface area contributed by atoms with Gasteiger partial charge in [0, 0.05) is 38.5 Å². The lowest BCUT2D eigenvalue weighted by atomic mass is 9.88. The minimum Gasteiger partial charge on any atom is -0.392 e. The Morgan fingerprint density at radius 1 is 1.12 bits per heavy atom. The molecule has 182 valence electrons. The first-order valence-corrected chi connectivity index (χ1v) is 13.2. The quantitative estimate of drug-likeness (QED) is 0.412. The van der Waals surface area contributed by atoms with E-state index in [4.69, 9.17) is 0 Å². The zero-order valence-electron chi connectivity index (χ0n) is 20.7. The zero-order valence-corrected chi connectivity index (χ0v) is 20.7. The van der Waals surface area contributed by atoms with Crippen LogP contribution in [0.3, 0.4) is 0 Å². The van der Waals surface area contributed by atoms with Crippen molar-refractivity contribution in [2.24, 2.45) is 17.8 Å². The highest BCUT2D eigenvalue weighted by Gasteiger charge is 2.43. The molecule has 33 heavy (non-hydrogen) atoms. The molecular weight excluding hydrogens is 408 g/mol. The van der Waals surface area contributed by atoms with Gasteiger partial charge in [-0.25, -0.2) is 0 Å². The SMILES string of the molecule is Cc1cccc(C[C@H](O)C=C[C@@H]2[C@H]3CC(CCCCCN4CCN(C)CC4)=C[C@H]3C[C@H]2O)c1. The van der Waals surface area contributed by atoms with Gasteiger partial charge in [-0.2, -0.15) is 0 Å². The second-order valence-corrected chi connectivity index (χ2v) is 10.8. The molecule has 1 aromatic carbocycles. The summed E-state index contributed by atoms with van der Waals surface area (Å²) >= 11 is 0. The molecule has 4 heteroatoms. The molecule has 5 atom stereocenters. The van der Waals surface area contributed by atoms with Crippen molar-refractivity contribution in [2.45, 2.75) is 64.1 Å². The van der Waals surface area contributed by atoms with Gasteiger partial charge in [-0.1, -0.05) is 60.1 Å². The Hall–Kier alpha value is -1.46. The Morgan fingerprint density at radius 2 is 1.94 bits per heavy atom. The lowest BCUT2D eigenvalue weighted by Gasteiger charge is -2.32. The first-order valence-electron chi connectivity index (χ1n) is 13.2. The van der Waals surface area contributed by atoms with Crippen LogP contribution in [0.25, 0.3) is 0 Å². The first kappa shape index (κ1) is 24.7. The fraction of sp³-hybridized carbons (Fsp3) is 0.655. The van der Waals surface area contributed by atoms with Gasteiger partial charge in [0.05, 0.1) is 12.2 Å². The molecule has 0 spiro atoms. The highest BCUT2D eigenvalue weighted by molar-refractivity contribution is 5.24. The van der Waals surface area contributed by atoms with E-state index in [1.54, 1.807) is 5.57 Å². The van der Waals surface area contributed by atoms with Crippen LogP contribution in [0, 0.1) is 24.7 Å². The smallest absolute Gasteiger partial charge is 0.0761 e. The van der Waals surface area contributed by atoms with Gasteiger partial charge >= 0.3 is 0 Å². The molecule has 1 aromatic rings. The average molecular weight is 453 g/mol. The summed E-state index contributed by atoms with van der Waals surface area (Å²) in [4.78, 5) is 5.04. The van der Waals surface area contributed by atoms with Crippen LogP contribution < -0.4 is 0 Å². The van der Waals surface area contributed by atoms with E-state index in [0.29, 0.717) is 18.3 Å². The molecule has 1 aliphatic heterocycles. The third-order valence-electron chi connectivity index (χ3n) is 8.10. The number of aryl methyl sites for hydroxylation is 1. The van der Waals surface area contributed by atoms with Crippen molar-refractivity contribution in [3.05, 3.63) is 59.2 Å². The summed E-state index contributed by atoms with van der Waals surface area (Å²) < 4.78 is 0. The Morgan fingerprint density at radius 3 is 2.73 bits per heavy atom. The van der Waals surface area contributed by atoms with Crippen LogP contribution >= 0.6 is 0 Å². The van der Waals surface area contributed by atoms with Crippen molar-refractivity contribution in [3.63, 3.8) is 0 Å². The monoisotopic (exact) mass is 452 g/mol. The van der Waals surface area contributed by atoms with Crippen molar-refractivity contribution in [2.75, 3.05) is 39.8 Å². The van der Waals surface area contributed by atoms with Gasteiger partial charge in [0.1, 0.15) is 0 Å². The number of likely N-dealkylation sites (N-methyl/N-ethyl adjacent to an activating group) is 1. The van der Waals surface area contributed by atoms with Crippen molar-refractivity contribution >= 4 is 0 Å². The third-order valence-corrected chi connectivity index (χ3v) is 8.10. The number of nitrogens with zero attached hydrogens (tertiary/aromatic N) is 2. The molecular formula is C29H44N2O2. The van der Waals surface area contributed by atoms with E-state index in [2.05, 4.69) is 54.1 Å². The molecule has 0 unspecified atom stereocenters. The van der Waals surface area contributed by atoms with E-state index < -0.39 is 6.10 Å². The molecule has 2 aliphatic carbocycles. The maximum absolute atomic E-state index is 10.6. The third kappa shape index (κ3) is 7.02. The minimum atomic E-state index is -0.493. The summed E-state index contributed by atoms with van der Waals surface area (Å²) in [5.41, 5.74) is 3.99. The van der Waals surface area contributed by atoms with E-state index in [0.717, 1.165) is 18.4 Å². The Balaban J connectivity index is 1.17. The van der Waals surface area contributed by atoms with E-state index in [1.165, 1.54) is 64.0 Å². The summed E-state index contributed by atoms with van der Waals surface area (Å²) in [6, 6.07) is 8.34. The Bertz CT molecular complexity index is 812. The molecule has 2 N–H and O–H groups in total. The molecule has 1 saturated carbocycles. The van der Waals surface area contributed by atoms with Gasteiger partial charge in [-0.15, -0.1) is 0 Å². The highest BCUT2D eigenvalue weighted by Crippen LogP contribution is 2.48. The van der Waals surface area contributed by atoms with Crippen molar-refractivity contribution in [3.8, 4) is 0 Å². The Kier molecular flexibility index (Phi) is 8.81. The van der Waals surface area contributed by atoms with Gasteiger partial charge in [0.2, 0.25) is 0 Å². The topological polar surface area (TPSA) is 46.9 Å². The molecule has 0 amide bonds. The van der Waals surface area contributed by atoms with Crippen molar-refractivity contribution in [1.29, 1.82) is 0 Å². The van der Waals surface area contributed by atoms with Crippen LogP contribution in [0.4, 0.5) is 0 Å². The van der Waals surface area contributed by atoms with E-state index >= 15 is 0 Å². The number of aliphatic hydroxyl groups excluding tert-OH is 2. The maximum Gasteiger partial charge on any atom is 0.0761 e. The maximum atomic E-state index is 10.6. The Labute approximate surface area is 201 Å². The predicted molar refractivity (Wildman–Crippen MR) is 136 cm³/mol. The predicted octanol–water partition coefficient (Wildman–Crippen LogP) is 4.21. The summed E-state index contributed by atoms with van der Waals surface area (Å²) in [5.74, 6) is 1.21. The normalized spacial score (nSPS) is 29.5. The van der Waals surface area contributed by atoms with Crippen molar-refractivity contribution < 1.29 is 10.2 Å². The number of benzene rings is 1. The molecule has 2 fully saturated rings. The van der Waals surface area contributed by atoms with Crippen LogP contribution in [0.1, 0.15) is 49.7 Å².